The number of ether oxygens (including phenoxy) is 1. The number of hydrogen-bond donors (Lipinski definition) is 0. The van der Waals surface area contributed by atoms with Crippen molar-refractivity contribution in [1.82, 2.24) is 0 Å². The minimum atomic E-state index is 0.0555. The zero-order chi connectivity index (χ0) is 11.0. The molecule has 0 aliphatic carbocycles. The molecular formula is C12H23BrO. The van der Waals surface area contributed by atoms with Crippen LogP contribution in [-0.2, 0) is 4.74 Å². The van der Waals surface area contributed by atoms with E-state index >= 15 is 0 Å². The van der Waals surface area contributed by atoms with Crippen molar-refractivity contribution >= 4 is 15.9 Å². The van der Waals surface area contributed by atoms with Crippen LogP contribution < -0.4 is 0 Å². The highest BCUT2D eigenvalue weighted by Gasteiger charge is 2.45. The molecule has 0 aromatic heterocycles. The fourth-order valence-corrected chi connectivity index (χ4v) is 2.86. The standard InChI is InChI=1S/C12H23BrO/c1-9(8-13)6-10-7-11(2,3)14-12(10,4)5/h9-10H,6-8H2,1-5H3. The molecule has 1 rings (SSSR count). The molecule has 2 atom stereocenters. The fourth-order valence-electron chi connectivity index (χ4n) is 2.59. The first-order chi connectivity index (χ1) is 6.27. The van der Waals surface area contributed by atoms with Crippen molar-refractivity contribution in [2.24, 2.45) is 11.8 Å². The molecular weight excluding hydrogens is 240 g/mol. The average molecular weight is 263 g/mol. The van der Waals surface area contributed by atoms with Crippen LogP contribution in [0.1, 0.15) is 47.5 Å². The van der Waals surface area contributed by atoms with E-state index in [0.717, 1.165) is 11.2 Å². The predicted octanol–water partition coefficient (Wildman–Crippen LogP) is 4.00. The van der Waals surface area contributed by atoms with E-state index in [-0.39, 0.29) is 11.2 Å². The Morgan fingerprint density at radius 2 is 1.93 bits per heavy atom. The first-order valence-electron chi connectivity index (χ1n) is 5.53. The molecule has 1 aliphatic heterocycles. The molecule has 84 valence electrons. The molecule has 0 bridgehead atoms. The Morgan fingerprint density at radius 3 is 2.29 bits per heavy atom. The van der Waals surface area contributed by atoms with E-state index in [0.29, 0.717) is 5.92 Å². The molecule has 2 unspecified atom stereocenters. The summed E-state index contributed by atoms with van der Waals surface area (Å²) in [4.78, 5) is 0. The van der Waals surface area contributed by atoms with Crippen LogP contribution in [0.5, 0.6) is 0 Å². The lowest BCUT2D eigenvalue weighted by Crippen LogP contribution is -2.30. The van der Waals surface area contributed by atoms with Gasteiger partial charge < -0.3 is 4.74 Å². The maximum absolute atomic E-state index is 6.08. The summed E-state index contributed by atoms with van der Waals surface area (Å²) >= 11 is 3.55. The topological polar surface area (TPSA) is 9.23 Å². The van der Waals surface area contributed by atoms with Crippen molar-refractivity contribution in [3.63, 3.8) is 0 Å². The van der Waals surface area contributed by atoms with Crippen LogP contribution in [0.3, 0.4) is 0 Å². The summed E-state index contributed by atoms with van der Waals surface area (Å²) in [5.74, 6) is 1.45. The molecule has 0 radical (unpaired) electrons. The Kier molecular flexibility index (Phi) is 3.69. The van der Waals surface area contributed by atoms with E-state index in [9.17, 15) is 0 Å². The molecule has 1 fully saturated rings. The van der Waals surface area contributed by atoms with E-state index in [4.69, 9.17) is 4.74 Å². The Bertz CT molecular complexity index is 198. The van der Waals surface area contributed by atoms with Crippen molar-refractivity contribution in [3.8, 4) is 0 Å². The summed E-state index contributed by atoms with van der Waals surface area (Å²) in [5, 5.41) is 1.10. The van der Waals surface area contributed by atoms with Gasteiger partial charge in [-0.25, -0.2) is 0 Å². The summed E-state index contributed by atoms with van der Waals surface area (Å²) in [6.45, 7) is 11.2. The van der Waals surface area contributed by atoms with E-state index in [1.807, 2.05) is 0 Å². The largest absolute Gasteiger partial charge is 0.369 e. The second-order valence-electron chi connectivity index (χ2n) is 5.86. The second kappa shape index (κ2) is 4.13. The van der Waals surface area contributed by atoms with Gasteiger partial charge in [-0.3, -0.25) is 0 Å². The number of hydrogen-bond acceptors (Lipinski definition) is 1. The quantitative estimate of drug-likeness (QED) is 0.699. The van der Waals surface area contributed by atoms with Crippen LogP contribution >= 0.6 is 15.9 Å². The number of alkyl halides is 1. The maximum atomic E-state index is 6.08. The zero-order valence-electron chi connectivity index (χ0n) is 10.1. The van der Waals surface area contributed by atoms with Gasteiger partial charge in [0.25, 0.3) is 0 Å². The van der Waals surface area contributed by atoms with Crippen LogP contribution in [0.15, 0.2) is 0 Å². The van der Waals surface area contributed by atoms with Gasteiger partial charge in [-0.1, -0.05) is 22.9 Å². The predicted molar refractivity (Wildman–Crippen MR) is 64.9 cm³/mol. The highest BCUT2D eigenvalue weighted by molar-refractivity contribution is 9.09. The molecule has 1 aliphatic rings. The summed E-state index contributed by atoms with van der Waals surface area (Å²) in [5.41, 5.74) is 0.125. The first-order valence-corrected chi connectivity index (χ1v) is 6.65. The number of halogens is 1. The fraction of sp³-hybridized carbons (Fsp3) is 1.00. The van der Waals surface area contributed by atoms with Gasteiger partial charge in [-0.15, -0.1) is 0 Å². The summed E-state index contributed by atoms with van der Waals surface area (Å²) in [6.07, 6.45) is 2.46. The number of rotatable bonds is 3. The maximum Gasteiger partial charge on any atom is 0.0662 e. The van der Waals surface area contributed by atoms with Gasteiger partial charge in [0.05, 0.1) is 11.2 Å². The van der Waals surface area contributed by atoms with Crippen molar-refractivity contribution in [3.05, 3.63) is 0 Å². The zero-order valence-corrected chi connectivity index (χ0v) is 11.6. The summed E-state index contributed by atoms with van der Waals surface area (Å²) in [6, 6.07) is 0. The highest BCUT2D eigenvalue weighted by atomic mass is 79.9. The van der Waals surface area contributed by atoms with E-state index in [1.54, 1.807) is 0 Å². The minimum absolute atomic E-state index is 0.0555. The third kappa shape index (κ3) is 2.96. The van der Waals surface area contributed by atoms with Gasteiger partial charge in [0.2, 0.25) is 0 Å². The SMILES string of the molecule is CC(CBr)CC1CC(C)(C)OC1(C)C. The van der Waals surface area contributed by atoms with E-state index in [1.165, 1.54) is 12.8 Å². The lowest BCUT2D eigenvalue weighted by Gasteiger charge is -2.28. The van der Waals surface area contributed by atoms with Crippen LogP contribution in [0.25, 0.3) is 0 Å². The Hall–Kier alpha value is 0.440. The smallest absolute Gasteiger partial charge is 0.0662 e. The highest BCUT2D eigenvalue weighted by Crippen LogP contribution is 2.44. The van der Waals surface area contributed by atoms with Crippen molar-refractivity contribution in [1.29, 1.82) is 0 Å². The van der Waals surface area contributed by atoms with Gasteiger partial charge in [-0.05, 0) is 52.4 Å². The molecule has 0 spiro atoms. The van der Waals surface area contributed by atoms with Crippen LogP contribution in [0.4, 0.5) is 0 Å². The second-order valence-corrected chi connectivity index (χ2v) is 6.51. The van der Waals surface area contributed by atoms with Gasteiger partial charge >= 0.3 is 0 Å². The lowest BCUT2D eigenvalue weighted by atomic mass is 9.81. The molecule has 14 heavy (non-hydrogen) atoms. The molecule has 0 amide bonds. The Balaban J connectivity index is 2.61. The molecule has 0 aromatic rings. The van der Waals surface area contributed by atoms with Gasteiger partial charge in [0.1, 0.15) is 0 Å². The van der Waals surface area contributed by atoms with Crippen molar-refractivity contribution in [2.45, 2.75) is 58.7 Å². The van der Waals surface area contributed by atoms with Gasteiger partial charge in [-0.2, -0.15) is 0 Å². The molecule has 2 heteroatoms. The molecule has 1 saturated heterocycles. The third-order valence-electron chi connectivity index (χ3n) is 3.21. The monoisotopic (exact) mass is 262 g/mol. The molecule has 1 heterocycles. The summed E-state index contributed by atoms with van der Waals surface area (Å²) in [7, 11) is 0. The molecule has 0 N–H and O–H groups in total. The van der Waals surface area contributed by atoms with Crippen molar-refractivity contribution < 1.29 is 4.74 Å². The van der Waals surface area contributed by atoms with E-state index in [2.05, 4.69) is 50.5 Å². The van der Waals surface area contributed by atoms with Crippen LogP contribution in [0, 0.1) is 11.8 Å². The average Bonchev–Trinajstić information content (AvgIpc) is 2.19. The molecule has 0 saturated carbocycles. The normalized spacial score (nSPS) is 31.7. The minimum Gasteiger partial charge on any atom is -0.369 e. The van der Waals surface area contributed by atoms with Gasteiger partial charge in [0.15, 0.2) is 0 Å². The Labute approximate surface area is 96.7 Å². The van der Waals surface area contributed by atoms with Crippen LogP contribution in [0.2, 0.25) is 0 Å². The first kappa shape index (κ1) is 12.5. The van der Waals surface area contributed by atoms with Crippen LogP contribution in [-0.4, -0.2) is 16.5 Å². The van der Waals surface area contributed by atoms with E-state index < -0.39 is 0 Å². The lowest BCUT2D eigenvalue weighted by molar-refractivity contribution is -0.0760. The molecule has 0 aromatic carbocycles. The van der Waals surface area contributed by atoms with Crippen molar-refractivity contribution in [2.75, 3.05) is 5.33 Å². The summed E-state index contributed by atoms with van der Waals surface area (Å²) < 4.78 is 6.08. The third-order valence-corrected chi connectivity index (χ3v) is 4.32. The van der Waals surface area contributed by atoms with Gasteiger partial charge in [0, 0.05) is 5.33 Å². The molecule has 1 nitrogen and oxygen atoms in total. The Morgan fingerprint density at radius 1 is 1.36 bits per heavy atom.